The molecule has 1 aliphatic carbocycles. The van der Waals surface area contributed by atoms with E-state index in [1.54, 1.807) is 17.4 Å². The predicted octanol–water partition coefficient (Wildman–Crippen LogP) is 12.7. The molecule has 0 saturated heterocycles. The van der Waals surface area contributed by atoms with Crippen LogP contribution in [0.15, 0.2) is 109 Å². The van der Waals surface area contributed by atoms with Crippen LogP contribution >= 0.6 is 11.3 Å². The van der Waals surface area contributed by atoms with Gasteiger partial charge in [0.15, 0.2) is 0 Å². The third-order valence-corrected chi connectivity index (χ3v) is 13.4. The van der Waals surface area contributed by atoms with Crippen LogP contribution in [-0.2, 0) is 32.9 Å². The fourth-order valence-electron chi connectivity index (χ4n) is 7.56. The van der Waals surface area contributed by atoms with Crippen LogP contribution < -0.4 is 5.19 Å². The Bertz CT molecular complexity index is 2300. The molecule has 1 saturated carbocycles. The van der Waals surface area contributed by atoms with Crippen LogP contribution in [-0.4, -0.2) is 18.0 Å². The maximum absolute atomic E-state index is 14.3. The van der Waals surface area contributed by atoms with E-state index >= 15 is 0 Å². The number of hydrogen-bond acceptors (Lipinski definition) is 3. The molecular weight excluding hydrogens is 864 g/mol. The summed E-state index contributed by atoms with van der Waals surface area (Å²) in [7, 11) is -1.34. The maximum Gasteiger partial charge on any atom is 0.131 e. The molecule has 1 fully saturated rings. The van der Waals surface area contributed by atoms with Gasteiger partial charge in [0.2, 0.25) is 0 Å². The molecule has 7 aromatic rings. The summed E-state index contributed by atoms with van der Waals surface area (Å²) >= 11 is 1.74. The molecule has 0 unspecified atom stereocenters. The van der Waals surface area contributed by atoms with Gasteiger partial charge >= 0.3 is 0 Å². The zero-order valence-corrected chi connectivity index (χ0v) is 35.5. The fourth-order valence-corrected chi connectivity index (χ4v) is 10.4. The fraction of sp³-hybridized carbons (Fsp3) is 0.277. The van der Waals surface area contributed by atoms with Crippen LogP contribution in [0.1, 0.15) is 50.7 Å². The molecule has 0 N–H and O–H groups in total. The first-order valence-corrected chi connectivity index (χ1v) is 23.0. The zero-order valence-electron chi connectivity index (χ0n) is 31.3. The van der Waals surface area contributed by atoms with E-state index in [9.17, 15) is 4.39 Å². The third kappa shape index (κ3) is 9.12. The monoisotopic (exact) mass is 911 g/mol. The van der Waals surface area contributed by atoms with E-state index in [1.165, 1.54) is 63.5 Å². The van der Waals surface area contributed by atoms with Crippen LogP contribution in [0, 0.1) is 29.8 Å². The van der Waals surface area contributed by atoms with Crippen molar-refractivity contribution in [1.82, 2.24) is 9.97 Å². The third-order valence-electron chi connectivity index (χ3n) is 10.1. The molecule has 0 atom stereocenters. The molecule has 8 rings (SSSR count). The van der Waals surface area contributed by atoms with Gasteiger partial charge in [0.25, 0.3) is 0 Å². The van der Waals surface area contributed by atoms with Crippen LogP contribution in [0.2, 0.25) is 19.6 Å². The second-order valence-corrected chi connectivity index (χ2v) is 21.7. The summed E-state index contributed by atoms with van der Waals surface area (Å²) in [6, 6.07) is 38.8. The van der Waals surface area contributed by atoms with Crippen LogP contribution in [0.3, 0.4) is 0 Å². The number of pyridine rings is 2. The van der Waals surface area contributed by atoms with E-state index in [2.05, 4.69) is 99.3 Å². The minimum atomic E-state index is -1.34. The Hall–Kier alpha value is -3.80. The number of nitrogens with zero attached hydrogens (tertiary/aromatic N) is 2. The van der Waals surface area contributed by atoms with Gasteiger partial charge in [-0.3, -0.25) is 0 Å². The molecule has 3 heterocycles. The number of hydrogen-bond donors (Lipinski definition) is 0. The molecule has 4 aromatic carbocycles. The number of thiophene rings is 1. The first kappa shape index (κ1) is 38.9. The van der Waals surface area contributed by atoms with Crippen molar-refractivity contribution in [3.05, 3.63) is 139 Å². The summed E-state index contributed by atoms with van der Waals surface area (Å²) in [4.78, 5) is 9.39. The summed E-state index contributed by atoms with van der Waals surface area (Å²) in [5, 5.41) is 3.90. The second-order valence-electron chi connectivity index (χ2n) is 15.6. The first-order chi connectivity index (χ1) is 25.1. The summed E-state index contributed by atoms with van der Waals surface area (Å²) in [6.07, 6.45) is 11.8. The van der Waals surface area contributed by atoms with E-state index in [-0.39, 0.29) is 25.9 Å². The van der Waals surface area contributed by atoms with Gasteiger partial charge in [-0.2, -0.15) is 11.3 Å². The second kappa shape index (κ2) is 17.1. The minimum absolute atomic E-state index is 0. The molecule has 53 heavy (non-hydrogen) atoms. The van der Waals surface area contributed by atoms with Crippen LogP contribution in [0.4, 0.5) is 4.39 Å². The molecule has 0 spiro atoms. The Morgan fingerprint density at radius 2 is 1.62 bits per heavy atom. The molecule has 0 aliphatic heterocycles. The summed E-state index contributed by atoms with van der Waals surface area (Å²) in [5.74, 6) is 1.29. The van der Waals surface area contributed by atoms with Crippen molar-refractivity contribution in [2.45, 2.75) is 72.0 Å². The average molecular weight is 911 g/mol. The molecule has 273 valence electrons. The van der Waals surface area contributed by atoms with E-state index in [0.717, 1.165) is 51.5 Å². The Kier molecular flexibility index (Phi) is 12.6. The van der Waals surface area contributed by atoms with Gasteiger partial charge in [-0.15, -0.1) is 59.7 Å². The number of rotatable bonds is 8. The van der Waals surface area contributed by atoms with Crippen molar-refractivity contribution < 1.29 is 24.5 Å². The van der Waals surface area contributed by atoms with E-state index in [4.69, 9.17) is 4.98 Å². The van der Waals surface area contributed by atoms with Gasteiger partial charge < -0.3 is 9.97 Å². The van der Waals surface area contributed by atoms with Crippen molar-refractivity contribution in [3.63, 3.8) is 0 Å². The van der Waals surface area contributed by atoms with Gasteiger partial charge in [0.05, 0.1) is 8.07 Å². The first-order valence-electron chi connectivity index (χ1n) is 18.7. The van der Waals surface area contributed by atoms with Gasteiger partial charge in [-0.1, -0.05) is 118 Å². The molecule has 0 amide bonds. The quantitative estimate of drug-likeness (QED) is 0.112. The summed E-state index contributed by atoms with van der Waals surface area (Å²) in [6.45, 7) is 11.7. The number of benzene rings is 4. The number of aromatic nitrogens is 2. The zero-order chi connectivity index (χ0) is 36.2. The largest absolute Gasteiger partial charge is 0.305 e. The summed E-state index contributed by atoms with van der Waals surface area (Å²) in [5.41, 5.74) is 8.57. The van der Waals surface area contributed by atoms with Gasteiger partial charge in [0.1, 0.15) is 5.82 Å². The topological polar surface area (TPSA) is 25.8 Å². The van der Waals surface area contributed by atoms with E-state index in [1.807, 2.05) is 48.7 Å². The smallest absolute Gasteiger partial charge is 0.131 e. The maximum atomic E-state index is 14.3. The molecule has 6 heteroatoms. The van der Waals surface area contributed by atoms with Crippen molar-refractivity contribution in [2.75, 3.05) is 0 Å². The molecule has 2 nitrogen and oxygen atoms in total. The van der Waals surface area contributed by atoms with Crippen molar-refractivity contribution in [1.29, 1.82) is 0 Å². The van der Waals surface area contributed by atoms with Crippen LogP contribution in [0.5, 0.6) is 0 Å². The Balaban J connectivity index is 0.000000199. The van der Waals surface area contributed by atoms with Gasteiger partial charge in [-0.25, -0.2) is 4.39 Å². The number of fused-ring (bicyclic) bond motifs is 3. The van der Waals surface area contributed by atoms with Crippen molar-refractivity contribution >= 4 is 44.8 Å². The van der Waals surface area contributed by atoms with Crippen molar-refractivity contribution in [3.8, 4) is 33.6 Å². The van der Waals surface area contributed by atoms with Gasteiger partial charge in [-0.05, 0) is 75.1 Å². The Morgan fingerprint density at radius 3 is 2.36 bits per heavy atom. The van der Waals surface area contributed by atoms with E-state index in [0.29, 0.717) is 11.5 Å². The van der Waals surface area contributed by atoms with Crippen LogP contribution in [0.25, 0.3) is 53.8 Å². The van der Waals surface area contributed by atoms with Crippen molar-refractivity contribution in [2.24, 2.45) is 11.8 Å². The molecule has 3 aromatic heterocycles. The Morgan fingerprint density at radius 1 is 0.830 bits per heavy atom. The molecule has 0 bridgehead atoms. The Labute approximate surface area is 333 Å². The molecule has 1 radical (unpaired) electrons. The predicted molar refractivity (Wildman–Crippen MR) is 222 cm³/mol. The van der Waals surface area contributed by atoms with Gasteiger partial charge in [0, 0.05) is 42.8 Å². The normalized spacial score (nSPS) is 13.3. The number of halogens is 1. The van der Waals surface area contributed by atoms with E-state index < -0.39 is 8.07 Å². The SMILES string of the molecule is CC(C)Cc1cc(-c2[c-]cccc2)ncc1[Si](C)(C)C.Fc1ccccc1-c1ccc2c(c1)sc1c(-c3cc(CC4CCCC4)ccn3)[c-]ccc12.[Ir]. The molecular formula is C47H47FIrN2SSi-2. The average Bonchev–Trinajstić information content (AvgIpc) is 3.79. The minimum Gasteiger partial charge on any atom is -0.305 e. The summed E-state index contributed by atoms with van der Waals surface area (Å²) < 4.78 is 16.7. The standard InChI is InChI=1S/C29H23FNS.C18H24NSi.Ir/c30-26-11-4-3-8-22(26)21-12-13-23-24-9-5-10-25(29(24)32-28(23)18-21)27-17-20(14-15-31-27)16-19-6-1-2-7-19;1-14(2)11-16-12-17(15-9-7-6-8-10-15)19-13-18(16)20(3,4)5;/h3-5,8-9,11-15,17-19H,1-2,6-7,16H2;6-9,12-14H,11H2,1-5H3;/q2*-1;. The molecule has 1 aliphatic rings.